The molecule has 0 aromatic carbocycles. The number of carbonyl (C=O) groups excluding carboxylic acids is 1. The van der Waals surface area contributed by atoms with E-state index >= 15 is 0 Å². The van der Waals surface area contributed by atoms with Crippen molar-refractivity contribution < 1.29 is 42.7 Å². The molecule has 84 valence electrons. The monoisotopic (exact) mass is 283 g/mol. The first-order valence-electron chi connectivity index (χ1n) is 3.73. The number of aliphatic hydroxyl groups is 1. The number of carboxylic acid groups (broad SMARTS) is 1. The summed E-state index contributed by atoms with van der Waals surface area (Å²) < 4.78 is 0. The van der Waals surface area contributed by atoms with Gasteiger partial charge in [0.2, 0.25) is 0 Å². The van der Waals surface area contributed by atoms with Crippen molar-refractivity contribution in [1.29, 1.82) is 0 Å². The van der Waals surface area contributed by atoms with E-state index in [4.69, 9.17) is 5.11 Å². The van der Waals surface area contributed by atoms with E-state index in [1.807, 2.05) is 5.32 Å². The van der Waals surface area contributed by atoms with Crippen LogP contribution in [0.1, 0.15) is 27.7 Å². The molecule has 4 nitrogen and oxygen atoms in total. The predicted molar refractivity (Wildman–Crippen MR) is 43.7 cm³/mol. The van der Waals surface area contributed by atoms with Gasteiger partial charge < -0.3 is 20.3 Å². The van der Waals surface area contributed by atoms with E-state index in [-0.39, 0.29) is 22.4 Å². The van der Waals surface area contributed by atoms with E-state index in [0.29, 0.717) is 5.54 Å². The second-order valence-electron chi connectivity index (χ2n) is 3.57. The molecule has 3 N–H and O–H groups in total. The van der Waals surface area contributed by atoms with E-state index < -0.39 is 12.1 Å². The van der Waals surface area contributed by atoms with Crippen molar-refractivity contribution in [3.05, 3.63) is 7.05 Å². The van der Waals surface area contributed by atoms with Crippen molar-refractivity contribution in [2.24, 2.45) is 0 Å². The Labute approximate surface area is 95.2 Å². The Morgan fingerprint density at radius 3 is 1.69 bits per heavy atom. The Hall–Kier alpha value is 0.130. The molecule has 0 radical (unpaired) electrons. The smallest absolute Gasteiger partial charge is 0.547 e. The molecule has 0 heterocycles. The summed E-state index contributed by atoms with van der Waals surface area (Å²) in [5.74, 6) is -1.44. The Balaban J connectivity index is -0.000000143. The molecule has 13 heavy (non-hydrogen) atoms. The molecule has 0 rings (SSSR count). The normalized spacial score (nSPS) is 11.8. The van der Waals surface area contributed by atoms with Gasteiger partial charge in [-0.25, -0.2) is 0 Å². The van der Waals surface area contributed by atoms with Crippen LogP contribution in [0.25, 0.3) is 0 Å². The molecular weight excluding hydrogens is 266 g/mol. The van der Waals surface area contributed by atoms with Gasteiger partial charge in [0.1, 0.15) is 0 Å². The van der Waals surface area contributed by atoms with Crippen LogP contribution < -0.4 is 10.4 Å². The number of aliphatic carboxylic acids is 1. The summed E-state index contributed by atoms with van der Waals surface area (Å²) in [5, 5.41) is 19.2. The van der Waals surface area contributed by atoms with Gasteiger partial charge in [-0.15, -0.1) is 0 Å². The third-order valence-electron chi connectivity index (χ3n) is 0.953. The Morgan fingerprint density at radius 1 is 1.54 bits per heavy atom. The number of aliphatic hydroxyl groups excluding tert-OH is 1. The topological polar surface area (TPSA) is 77.0 Å². The molecule has 0 saturated heterocycles. The summed E-state index contributed by atoms with van der Waals surface area (Å²) in [4.78, 5) is 9.34. The van der Waals surface area contributed by atoms with E-state index in [9.17, 15) is 9.90 Å². The summed E-state index contributed by atoms with van der Waals surface area (Å²) in [6.45, 7) is 7.51. The fourth-order valence-electron chi connectivity index (χ4n) is 0. The first-order valence-corrected chi connectivity index (χ1v) is 3.73. The van der Waals surface area contributed by atoms with Crippen LogP contribution in [0, 0.1) is 7.05 Å². The fourth-order valence-corrected chi connectivity index (χ4v) is 0. The standard InChI is InChI=1S/C5H13N.C3H6O3.Ag/c1-5(2,3)6-4;1-2(4)3(5)6;/h4,6H2,1-3H3;2,4H,1H3,(H,5,6);/q;;+1/p-1. The first kappa shape index (κ1) is 18.8. The average molecular weight is 284 g/mol. The van der Waals surface area contributed by atoms with Crippen LogP contribution in [0.5, 0.6) is 0 Å². The number of carboxylic acids is 1. The van der Waals surface area contributed by atoms with E-state index in [2.05, 4.69) is 27.8 Å². The minimum atomic E-state index is -1.44. The van der Waals surface area contributed by atoms with Crippen LogP contribution in [0.3, 0.4) is 0 Å². The summed E-state index contributed by atoms with van der Waals surface area (Å²) in [5.41, 5.74) is 0.306. The number of rotatable bonds is 1. The van der Waals surface area contributed by atoms with Crippen molar-refractivity contribution in [1.82, 2.24) is 0 Å². The third-order valence-corrected chi connectivity index (χ3v) is 0.953. The molecule has 0 fully saturated rings. The second-order valence-corrected chi connectivity index (χ2v) is 3.57. The van der Waals surface area contributed by atoms with Gasteiger partial charge in [0.05, 0.1) is 17.6 Å². The maximum absolute atomic E-state index is 9.34. The van der Waals surface area contributed by atoms with Gasteiger partial charge in [-0.05, 0) is 27.7 Å². The second kappa shape index (κ2) is 8.72. The number of nitrogens with two attached hydrogens (primary N) is 1. The summed E-state index contributed by atoms with van der Waals surface area (Å²) in [6, 6.07) is 0. The molecule has 0 saturated carbocycles. The predicted octanol–water partition coefficient (Wildman–Crippen LogP) is -1.75. The number of hydrogen-bond acceptors (Lipinski definition) is 3. The maximum atomic E-state index is 9.34. The van der Waals surface area contributed by atoms with Crippen LogP contribution in [0.4, 0.5) is 0 Å². The van der Waals surface area contributed by atoms with Gasteiger partial charge >= 0.3 is 22.4 Å². The van der Waals surface area contributed by atoms with Gasteiger partial charge in [0.25, 0.3) is 0 Å². The van der Waals surface area contributed by atoms with Gasteiger partial charge in [0, 0.05) is 0 Å². The minimum absolute atomic E-state index is 0. The fraction of sp³-hybridized carbons (Fsp3) is 0.750. The summed E-state index contributed by atoms with van der Waals surface area (Å²) in [6.07, 6.45) is -1.34. The third kappa shape index (κ3) is 24.5. The van der Waals surface area contributed by atoms with Gasteiger partial charge in [-0.2, -0.15) is 7.05 Å². The number of quaternary nitrogens is 1. The van der Waals surface area contributed by atoms with Crippen LogP contribution in [-0.4, -0.2) is 22.7 Å². The molecule has 0 amide bonds. The molecule has 5 heteroatoms. The molecule has 0 spiro atoms. The van der Waals surface area contributed by atoms with E-state index in [1.165, 1.54) is 0 Å². The van der Waals surface area contributed by atoms with Crippen LogP contribution in [0.15, 0.2) is 0 Å². The molecule has 0 bridgehead atoms. The summed E-state index contributed by atoms with van der Waals surface area (Å²) >= 11 is 0. The quantitative estimate of drug-likeness (QED) is 0.443. The van der Waals surface area contributed by atoms with E-state index in [0.717, 1.165) is 6.92 Å². The molecule has 0 aliphatic heterocycles. The maximum Gasteiger partial charge on any atom is 1.00 e. The van der Waals surface area contributed by atoms with Crippen molar-refractivity contribution in [2.45, 2.75) is 39.3 Å². The molecule has 0 aromatic heterocycles. The number of hydrogen-bond donors (Lipinski definition) is 2. The number of carbonyl (C=O) groups is 1. The van der Waals surface area contributed by atoms with Gasteiger partial charge in [0.15, 0.2) is 0 Å². The average Bonchev–Trinajstić information content (AvgIpc) is 1.87. The zero-order chi connectivity index (χ0) is 10.4. The molecule has 0 aromatic rings. The Morgan fingerprint density at radius 2 is 1.69 bits per heavy atom. The van der Waals surface area contributed by atoms with Crippen molar-refractivity contribution in [3.63, 3.8) is 0 Å². The molecule has 0 aliphatic rings. The summed E-state index contributed by atoms with van der Waals surface area (Å²) in [7, 11) is 3.63. The minimum Gasteiger partial charge on any atom is -0.547 e. The molecule has 0 aliphatic carbocycles. The van der Waals surface area contributed by atoms with Crippen LogP contribution in [0.2, 0.25) is 0 Å². The molecule has 1 atom stereocenters. The molecular formula is C8H18AgNO3. The SMILES string of the molecule is CC(O)C(=O)[O-].[Ag+].[CH2-][NH2+]C(C)(C)C. The largest absolute Gasteiger partial charge is 1.00 e. The van der Waals surface area contributed by atoms with Crippen molar-refractivity contribution in [3.8, 4) is 0 Å². The van der Waals surface area contributed by atoms with Crippen LogP contribution in [-0.2, 0) is 27.2 Å². The Kier molecular flexibility index (Phi) is 12.6. The van der Waals surface area contributed by atoms with Crippen molar-refractivity contribution >= 4 is 5.97 Å². The van der Waals surface area contributed by atoms with Crippen molar-refractivity contribution in [2.75, 3.05) is 0 Å². The van der Waals surface area contributed by atoms with E-state index in [1.54, 1.807) is 0 Å². The van der Waals surface area contributed by atoms with Gasteiger partial charge in [-0.3, -0.25) is 0 Å². The zero-order valence-electron chi connectivity index (χ0n) is 8.43. The zero-order valence-corrected chi connectivity index (χ0v) is 9.91. The first-order chi connectivity index (χ1) is 5.20. The van der Waals surface area contributed by atoms with Gasteiger partial charge in [-0.1, -0.05) is 0 Å². The Bertz CT molecular complexity index is 132. The van der Waals surface area contributed by atoms with Crippen LogP contribution >= 0.6 is 0 Å². The molecule has 1 unspecified atom stereocenters.